The van der Waals surface area contributed by atoms with Gasteiger partial charge in [0.2, 0.25) is 0 Å². The van der Waals surface area contributed by atoms with Crippen LogP contribution < -0.4 is 11.1 Å². The van der Waals surface area contributed by atoms with Crippen molar-refractivity contribution in [3.8, 4) is 6.07 Å². The number of halogens is 4. The molecule has 0 radical (unpaired) electrons. The number of anilines is 1. The summed E-state index contributed by atoms with van der Waals surface area (Å²) in [5, 5.41) is 11.3. The Kier molecular flexibility index (Phi) is 5.35. The van der Waals surface area contributed by atoms with E-state index in [4.69, 9.17) is 15.7 Å². The Hall–Kier alpha value is -3.68. The number of ether oxygens (including phenoxy) is 1. The zero-order valence-corrected chi connectivity index (χ0v) is 15.5. The molecule has 0 fully saturated rings. The summed E-state index contributed by atoms with van der Waals surface area (Å²) in [5.41, 5.74) is 3.79. The minimum atomic E-state index is -4.68. The molecule has 156 valence electrons. The van der Waals surface area contributed by atoms with E-state index in [2.05, 4.69) is 15.3 Å². The minimum Gasteiger partial charge on any atom is -0.454 e. The van der Waals surface area contributed by atoms with E-state index in [0.29, 0.717) is 0 Å². The average Bonchev–Trinajstić information content (AvgIpc) is 2.68. The highest BCUT2D eigenvalue weighted by Crippen LogP contribution is 2.41. The van der Waals surface area contributed by atoms with Gasteiger partial charge in [0.05, 0.1) is 5.56 Å². The first-order chi connectivity index (χ1) is 14.0. The van der Waals surface area contributed by atoms with Crippen LogP contribution in [-0.4, -0.2) is 29.1 Å². The number of nitrogens with one attached hydrogen (secondary N) is 1. The number of hydrogen-bond acceptors (Lipinski definition) is 6. The Bertz CT molecular complexity index is 1050. The topological polar surface area (TPSA) is 113 Å². The Morgan fingerprint density at radius 2 is 2.10 bits per heavy atom. The van der Waals surface area contributed by atoms with Crippen LogP contribution in [0.15, 0.2) is 41.5 Å². The number of aromatic nitrogens is 1. The smallest absolute Gasteiger partial charge is 0.411 e. The first kappa shape index (κ1) is 21.0. The maximum atomic E-state index is 14.5. The molecular weight excluding hydrogens is 406 g/mol. The number of carbonyl (C=O) groups excluding carboxylic acids is 1. The highest BCUT2D eigenvalue weighted by molar-refractivity contribution is 6.02. The van der Waals surface area contributed by atoms with Crippen LogP contribution in [0, 0.1) is 17.1 Å². The van der Waals surface area contributed by atoms with Crippen molar-refractivity contribution in [2.24, 2.45) is 10.7 Å². The zero-order chi connectivity index (χ0) is 22.1. The van der Waals surface area contributed by atoms with Crippen molar-refractivity contribution >= 4 is 17.6 Å². The summed E-state index contributed by atoms with van der Waals surface area (Å²) in [4.78, 5) is 19.4. The Morgan fingerprint density at radius 3 is 2.70 bits per heavy atom. The van der Waals surface area contributed by atoms with E-state index in [1.165, 1.54) is 37.4 Å². The van der Waals surface area contributed by atoms with Gasteiger partial charge in [0, 0.05) is 23.9 Å². The van der Waals surface area contributed by atoms with Crippen molar-refractivity contribution in [1.82, 2.24) is 4.98 Å². The molecule has 0 saturated heterocycles. The molecule has 1 aliphatic heterocycles. The molecule has 7 nitrogen and oxygen atoms in total. The Morgan fingerprint density at radius 1 is 1.37 bits per heavy atom. The fraction of sp³-hybridized carbons (Fsp3) is 0.263. The van der Waals surface area contributed by atoms with E-state index < -0.39 is 42.0 Å². The first-order valence-corrected chi connectivity index (χ1v) is 8.58. The third-order valence-electron chi connectivity index (χ3n) is 4.49. The molecule has 2 atom stereocenters. The number of pyridine rings is 1. The summed E-state index contributed by atoms with van der Waals surface area (Å²) in [5.74, 6) is -1.48. The molecule has 0 spiro atoms. The van der Waals surface area contributed by atoms with Crippen LogP contribution in [0.25, 0.3) is 0 Å². The van der Waals surface area contributed by atoms with Crippen molar-refractivity contribution in [1.29, 1.82) is 5.26 Å². The molecule has 0 bridgehead atoms. The number of aliphatic imine (C=N–C) groups is 1. The number of nitriles is 1. The molecule has 0 aliphatic carbocycles. The molecule has 1 aliphatic rings. The minimum absolute atomic E-state index is 0.00600. The SMILES string of the molecule is C[C@@]1(c2cc(NC(=O)c3ccc(C#N)cn3)ccc2F)C[C@H](C(F)(F)F)N=C(N)O1. The second-order valence-electron chi connectivity index (χ2n) is 6.75. The Labute approximate surface area is 168 Å². The van der Waals surface area contributed by atoms with Gasteiger partial charge in [-0.05, 0) is 37.3 Å². The number of nitrogens with two attached hydrogens (primary N) is 1. The molecule has 0 unspecified atom stereocenters. The van der Waals surface area contributed by atoms with Gasteiger partial charge in [-0.2, -0.15) is 18.4 Å². The second kappa shape index (κ2) is 7.62. The zero-order valence-electron chi connectivity index (χ0n) is 15.5. The molecule has 2 heterocycles. The highest BCUT2D eigenvalue weighted by Gasteiger charge is 2.49. The number of benzene rings is 1. The fourth-order valence-corrected chi connectivity index (χ4v) is 3.02. The van der Waals surface area contributed by atoms with Crippen LogP contribution in [0.5, 0.6) is 0 Å². The van der Waals surface area contributed by atoms with Gasteiger partial charge in [-0.1, -0.05) is 0 Å². The van der Waals surface area contributed by atoms with Gasteiger partial charge in [-0.25, -0.2) is 14.4 Å². The molecule has 3 N–H and O–H groups in total. The van der Waals surface area contributed by atoms with E-state index in [1.807, 2.05) is 6.07 Å². The third kappa shape index (κ3) is 4.32. The summed E-state index contributed by atoms with van der Waals surface area (Å²) in [6.07, 6.45) is -4.16. The fourth-order valence-electron chi connectivity index (χ4n) is 3.02. The lowest BCUT2D eigenvalue weighted by molar-refractivity contribution is -0.164. The average molecular weight is 421 g/mol. The number of nitrogens with zero attached hydrogens (tertiary/aromatic N) is 3. The molecule has 3 rings (SSSR count). The van der Waals surface area contributed by atoms with Crippen LogP contribution in [-0.2, 0) is 10.3 Å². The first-order valence-electron chi connectivity index (χ1n) is 8.58. The van der Waals surface area contributed by atoms with Gasteiger partial charge in [-0.15, -0.1) is 0 Å². The van der Waals surface area contributed by atoms with Crippen molar-refractivity contribution in [2.45, 2.75) is 31.2 Å². The molecule has 1 aromatic heterocycles. The van der Waals surface area contributed by atoms with E-state index in [1.54, 1.807) is 0 Å². The lowest BCUT2D eigenvalue weighted by Gasteiger charge is -2.37. The van der Waals surface area contributed by atoms with Gasteiger partial charge >= 0.3 is 6.18 Å². The van der Waals surface area contributed by atoms with Crippen LogP contribution in [0.3, 0.4) is 0 Å². The lowest BCUT2D eigenvalue weighted by atomic mass is 9.87. The molecule has 0 saturated carbocycles. The highest BCUT2D eigenvalue weighted by atomic mass is 19.4. The number of amides is 1. The maximum absolute atomic E-state index is 14.5. The van der Waals surface area contributed by atoms with E-state index in [0.717, 1.165) is 6.07 Å². The molecule has 1 amide bonds. The van der Waals surface area contributed by atoms with E-state index in [-0.39, 0.29) is 22.5 Å². The van der Waals surface area contributed by atoms with Crippen molar-refractivity contribution in [2.75, 3.05) is 5.32 Å². The van der Waals surface area contributed by atoms with Gasteiger partial charge < -0.3 is 15.8 Å². The largest absolute Gasteiger partial charge is 0.454 e. The van der Waals surface area contributed by atoms with Crippen molar-refractivity contribution in [3.63, 3.8) is 0 Å². The van der Waals surface area contributed by atoms with Crippen LogP contribution in [0.2, 0.25) is 0 Å². The number of alkyl halides is 3. The normalized spacial score (nSPS) is 21.2. The number of amidine groups is 1. The predicted octanol–water partition coefficient (Wildman–Crippen LogP) is 3.23. The van der Waals surface area contributed by atoms with Crippen molar-refractivity contribution < 1.29 is 27.1 Å². The van der Waals surface area contributed by atoms with Crippen LogP contribution >= 0.6 is 0 Å². The van der Waals surface area contributed by atoms with Crippen molar-refractivity contribution in [3.05, 3.63) is 59.2 Å². The predicted molar refractivity (Wildman–Crippen MR) is 97.8 cm³/mol. The molecule has 11 heteroatoms. The maximum Gasteiger partial charge on any atom is 0.411 e. The van der Waals surface area contributed by atoms with Gasteiger partial charge in [-0.3, -0.25) is 4.79 Å². The third-order valence-corrected chi connectivity index (χ3v) is 4.49. The molecular formula is C19H15F4N5O2. The quantitative estimate of drug-likeness (QED) is 0.739. The van der Waals surface area contributed by atoms with Crippen LogP contribution in [0.4, 0.5) is 23.2 Å². The van der Waals surface area contributed by atoms with Gasteiger partial charge in [0.1, 0.15) is 23.2 Å². The second-order valence-corrected chi connectivity index (χ2v) is 6.75. The summed E-state index contributed by atoms with van der Waals surface area (Å²) in [6.45, 7) is 1.26. The monoisotopic (exact) mass is 421 g/mol. The van der Waals surface area contributed by atoms with E-state index in [9.17, 15) is 22.4 Å². The molecule has 2 aromatic rings. The van der Waals surface area contributed by atoms with Gasteiger partial charge in [0.15, 0.2) is 6.04 Å². The molecule has 30 heavy (non-hydrogen) atoms. The summed E-state index contributed by atoms with van der Waals surface area (Å²) >= 11 is 0. The summed E-state index contributed by atoms with van der Waals surface area (Å²) in [7, 11) is 0. The van der Waals surface area contributed by atoms with Gasteiger partial charge in [0.25, 0.3) is 11.9 Å². The number of carbonyl (C=O) groups is 1. The Balaban J connectivity index is 1.88. The summed E-state index contributed by atoms with van der Waals surface area (Å²) in [6, 6.07) is 5.14. The molecule has 1 aromatic carbocycles. The summed E-state index contributed by atoms with van der Waals surface area (Å²) < 4.78 is 59.3. The van der Waals surface area contributed by atoms with E-state index >= 15 is 0 Å². The lowest BCUT2D eigenvalue weighted by Crippen LogP contribution is -2.46. The number of hydrogen-bond donors (Lipinski definition) is 2. The van der Waals surface area contributed by atoms with Crippen LogP contribution in [0.1, 0.15) is 35.0 Å². The number of rotatable bonds is 3. The standard InChI is InChI=1S/C19H15F4N5O2/c1-18(7-15(19(21,22)23)28-17(25)30-18)12-6-11(3-4-13(12)20)27-16(29)14-5-2-10(8-24)9-26-14/h2-6,9,15H,7H2,1H3,(H2,25,28)(H,27,29)/t15-,18+/m1/s1.